The zero-order valence-electron chi connectivity index (χ0n) is 11.7. The molecule has 2 heterocycles. The largest absolute Gasteiger partial charge is 0.339 e. The number of aryl methyl sites for hydroxylation is 1. The molecule has 0 aliphatic heterocycles. The van der Waals surface area contributed by atoms with Gasteiger partial charge in [0, 0.05) is 22.4 Å². The van der Waals surface area contributed by atoms with Crippen molar-refractivity contribution < 1.29 is 4.52 Å². The van der Waals surface area contributed by atoms with Gasteiger partial charge in [0.2, 0.25) is 11.7 Å². The summed E-state index contributed by atoms with van der Waals surface area (Å²) in [5, 5.41) is 7.34. The predicted molar refractivity (Wildman–Crippen MR) is 82.2 cm³/mol. The molecule has 1 fully saturated rings. The van der Waals surface area contributed by atoms with E-state index in [0.29, 0.717) is 11.7 Å². The number of hydrogen-bond acceptors (Lipinski definition) is 5. The minimum atomic E-state index is 0.494. The summed E-state index contributed by atoms with van der Waals surface area (Å²) < 4.78 is 5.30. The average molecular weight is 297 g/mol. The number of rotatable bonds is 4. The third-order valence-corrected chi connectivity index (χ3v) is 4.65. The van der Waals surface area contributed by atoms with Crippen molar-refractivity contribution >= 4 is 11.3 Å². The third kappa shape index (κ3) is 2.49. The molecule has 1 saturated carbocycles. The average Bonchev–Trinajstić information content (AvgIpc) is 3.08. The van der Waals surface area contributed by atoms with Crippen LogP contribution in [0.5, 0.6) is 0 Å². The number of thiazole rings is 1. The first kappa shape index (κ1) is 12.7. The highest BCUT2D eigenvalue weighted by atomic mass is 32.1. The zero-order chi connectivity index (χ0) is 14.2. The van der Waals surface area contributed by atoms with Crippen LogP contribution in [0.2, 0.25) is 0 Å². The number of benzene rings is 1. The molecule has 0 atom stereocenters. The fourth-order valence-electron chi connectivity index (χ4n) is 2.24. The lowest BCUT2D eigenvalue weighted by atomic mass is 10.1. The van der Waals surface area contributed by atoms with Crippen LogP contribution in [0.15, 0.2) is 34.2 Å². The van der Waals surface area contributed by atoms with Gasteiger partial charge in [-0.2, -0.15) is 4.98 Å². The van der Waals surface area contributed by atoms with Crippen molar-refractivity contribution in [1.29, 1.82) is 0 Å². The summed E-state index contributed by atoms with van der Waals surface area (Å²) in [6.45, 7) is 2.12. The Kier molecular flexibility index (Phi) is 3.07. The van der Waals surface area contributed by atoms with Crippen molar-refractivity contribution in [1.82, 2.24) is 15.1 Å². The molecule has 0 spiro atoms. The Morgan fingerprint density at radius 1 is 1.14 bits per heavy atom. The van der Waals surface area contributed by atoms with E-state index < -0.39 is 0 Å². The van der Waals surface area contributed by atoms with Crippen molar-refractivity contribution in [2.75, 3.05) is 0 Å². The molecule has 0 unspecified atom stereocenters. The van der Waals surface area contributed by atoms with E-state index >= 15 is 0 Å². The molecule has 0 bridgehead atoms. The standard InChI is InChI=1S/C16H15N3OS/c1-2-14-17-13(9-21-14)10-3-5-11(6-4-10)15-18-16(20-19-15)12-7-8-12/h3-6,9,12H,2,7-8H2,1H3. The second-order valence-corrected chi connectivity index (χ2v) is 6.23. The van der Waals surface area contributed by atoms with Crippen molar-refractivity contribution in [3.05, 3.63) is 40.5 Å². The van der Waals surface area contributed by atoms with Gasteiger partial charge in [-0.1, -0.05) is 36.3 Å². The van der Waals surface area contributed by atoms with E-state index in [4.69, 9.17) is 4.52 Å². The van der Waals surface area contributed by atoms with Crippen LogP contribution in [0, 0.1) is 0 Å². The smallest absolute Gasteiger partial charge is 0.230 e. The quantitative estimate of drug-likeness (QED) is 0.720. The summed E-state index contributed by atoms with van der Waals surface area (Å²) in [6, 6.07) is 8.19. The molecule has 4 nitrogen and oxygen atoms in total. The molecule has 0 N–H and O–H groups in total. The maximum absolute atomic E-state index is 5.30. The monoisotopic (exact) mass is 297 g/mol. The zero-order valence-corrected chi connectivity index (χ0v) is 12.6. The molecule has 0 radical (unpaired) electrons. The van der Waals surface area contributed by atoms with Gasteiger partial charge in [-0.05, 0) is 19.3 Å². The molecular weight excluding hydrogens is 282 g/mol. The summed E-state index contributed by atoms with van der Waals surface area (Å²) in [4.78, 5) is 9.08. The van der Waals surface area contributed by atoms with E-state index in [2.05, 4.69) is 39.6 Å². The highest BCUT2D eigenvalue weighted by Crippen LogP contribution is 2.39. The lowest BCUT2D eigenvalue weighted by Crippen LogP contribution is -1.84. The van der Waals surface area contributed by atoms with E-state index in [1.165, 1.54) is 17.8 Å². The first-order valence-corrected chi connectivity index (χ1v) is 8.10. The molecule has 0 amide bonds. The Morgan fingerprint density at radius 2 is 1.90 bits per heavy atom. The van der Waals surface area contributed by atoms with Crippen LogP contribution < -0.4 is 0 Å². The van der Waals surface area contributed by atoms with Crippen molar-refractivity contribution in [3.8, 4) is 22.6 Å². The van der Waals surface area contributed by atoms with E-state index in [1.807, 2.05) is 12.1 Å². The summed E-state index contributed by atoms with van der Waals surface area (Å²) in [5.41, 5.74) is 3.15. The Hall–Kier alpha value is -2.01. The fourth-order valence-corrected chi connectivity index (χ4v) is 3.00. The minimum Gasteiger partial charge on any atom is -0.339 e. The Bertz CT molecular complexity index is 756. The maximum atomic E-state index is 5.30. The summed E-state index contributed by atoms with van der Waals surface area (Å²) >= 11 is 1.71. The SMILES string of the molecule is CCc1nc(-c2ccc(-c3noc(C4CC4)n3)cc2)cs1. The third-order valence-electron chi connectivity index (χ3n) is 3.66. The van der Waals surface area contributed by atoms with Gasteiger partial charge in [-0.15, -0.1) is 11.3 Å². The van der Waals surface area contributed by atoms with Crippen molar-refractivity contribution in [2.24, 2.45) is 0 Å². The molecule has 3 aromatic rings. The Balaban J connectivity index is 1.59. The molecule has 4 rings (SSSR count). The lowest BCUT2D eigenvalue weighted by Gasteiger charge is -1.98. The van der Waals surface area contributed by atoms with Gasteiger partial charge < -0.3 is 4.52 Å². The molecule has 1 aromatic carbocycles. The van der Waals surface area contributed by atoms with Crippen molar-refractivity contribution in [2.45, 2.75) is 32.1 Å². The number of aromatic nitrogens is 3. The normalized spacial score (nSPS) is 14.5. The Morgan fingerprint density at radius 3 is 2.57 bits per heavy atom. The van der Waals surface area contributed by atoms with E-state index in [0.717, 1.165) is 29.1 Å². The maximum Gasteiger partial charge on any atom is 0.230 e. The summed E-state index contributed by atoms with van der Waals surface area (Å²) in [5.74, 6) is 1.95. The molecule has 1 aliphatic rings. The van der Waals surface area contributed by atoms with E-state index in [9.17, 15) is 0 Å². The van der Waals surface area contributed by atoms with Gasteiger partial charge in [-0.25, -0.2) is 4.98 Å². The molecule has 106 valence electrons. The summed E-state index contributed by atoms with van der Waals surface area (Å²) in [6.07, 6.45) is 3.32. The van der Waals surface area contributed by atoms with Gasteiger partial charge in [0.1, 0.15) is 0 Å². The van der Waals surface area contributed by atoms with Gasteiger partial charge in [0.05, 0.1) is 10.7 Å². The van der Waals surface area contributed by atoms with Gasteiger partial charge in [0.15, 0.2) is 0 Å². The highest BCUT2D eigenvalue weighted by Gasteiger charge is 2.29. The van der Waals surface area contributed by atoms with Gasteiger partial charge >= 0.3 is 0 Å². The first-order chi connectivity index (χ1) is 10.3. The van der Waals surface area contributed by atoms with Crippen LogP contribution in [0.25, 0.3) is 22.6 Å². The lowest BCUT2D eigenvalue weighted by molar-refractivity contribution is 0.380. The number of nitrogens with zero attached hydrogens (tertiary/aromatic N) is 3. The van der Waals surface area contributed by atoms with Crippen LogP contribution >= 0.6 is 11.3 Å². The molecular formula is C16H15N3OS. The molecule has 5 heteroatoms. The van der Waals surface area contributed by atoms with Crippen LogP contribution in [-0.2, 0) is 6.42 Å². The van der Waals surface area contributed by atoms with Gasteiger partial charge in [0.25, 0.3) is 0 Å². The van der Waals surface area contributed by atoms with E-state index in [1.54, 1.807) is 11.3 Å². The Labute approximate surface area is 126 Å². The van der Waals surface area contributed by atoms with Crippen molar-refractivity contribution in [3.63, 3.8) is 0 Å². The second kappa shape index (κ2) is 5.07. The van der Waals surface area contributed by atoms with Gasteiger partial charge in [-0.3, -0.25) is 0 Å². The van der Waals surface area contributed by atoms with Crippen LogP contribution in [0.1, 0.15) is 36.6 Å². The minimum absolute atomic E-state index is 0.494. The predicted octanol–water partition coefficient (Wildman–Crippen LogP) is 4.30. The van der Waals surface area contributed by atoms with Crippen LogP contribution in [0.3, 0.4) is 0 Å². The molecule has 1 aliphatic carbocycles. The molecule has 21 heavy (non-hydrogen) atoms. The van der Waals surface area contributed by atoms with Crippen LogP contribution in [0.4, 0.5) is 0 Å². The molecule has 2 aromatic heterocycles. The second-order valence-electron chi connectivity index (χ2n) is 5.29. The highest BCUT2D eigenvalue weighted by molar-refractivity contribution is 7.09. The van der Waals surface area contributed by atoms with Crippen LogP contribution in [-0.4, -0.2) is 15.1 Å². The fraction of sp³-hybridized carbons (Fsp3) is 0.312. The first-order valence-electron chi connectivity index (χ1n) is 7.22. The molecule has 0 saturated heterocycles. The van der Waals surface area contributed by atoms with E-state index in [-0.39, 0.29) is 0 Å². The number of hydrogen-bond donors (Lipinski definition) is 0. The topological polar surface area (TPSA) is 51.8 Å². The summed E-state index contributed by atoms with van der Waals surface area (Å²) in [7, 11) is 0.